The number of nitrogens with zero attached hydrogens (tertiary/aromatic N) is 1. The fourth-order valence-electron chi connectivity index (χ4n) is 3.41. The number of halogens is 2. The minimum Gasteiger partial charge on any atom is -0.481 e. The second kappa shape index (κ2) is 10.6. The van der Waals surface area contributed by atoms with E-state index in [1.807, 2.05) is 0 Å². The van der Waals surface area contributed by atoms with Gasteiger partial charge in [0.1, 0.15) is 40.9 Å². The van der Waals surface area contributed by atoms with E-state index >= 15 is 0 Å². The predicted octanol–water partition coefficient (Wildman–Crippen LogP) is 2.20. The number of hydrogen-bond donors (Lipinski definition) is 2. The number of Topliss-reactive ketones (excluding diaryl/α,β-unsaturated/α-hetero) is 1. The summed E-state index contributed by atoms with van der Waals surface area (Å²) in [5.41, 5.74) is -0.119. The quantitative estimate of drug-likeness (QED) is 0.464. The molecule has 3 N–H and O–H groups in total. The van der Waals surface area contributed by atoms with Crippen LogP contribution in [0.25, 0.3) is 10.9 Å². The zero-order chi connectivity index (χ0) is 24.8. The zero-order valence-electron chi connectivity index (χ0n) is 18.1. The third-order valence-electron chi connectivity index (χ3n) is 5.09. The van der Waals surface area contributed by atoms with E-state index < -0.39 is 54.2 Å². The van der Waals surface area contributed by atoms with Gasteiger partial charge in [-0.1, -0.05) is 13.0 Å². The molecule has 9 nitrogen and oxygen atoms in total. The van der Waals surface area contributed by atoms with Crippen LogP contribution in [0, 0.1) is 5.82 Å². The lowest BCUT2D eigenvalue weighted by atomic mass is 10.1. The maximum atomic E-state index is 13.4. The van der Waals surface area contributed by atoms with Gasteiger partial charge >= 0.3 is 11.5 Å². The van der Waals surface area contributed by atoms with Crippen LogP contribution in [0.15, 0.2) is 53.6 Å². The van der Waals surface area contributed by atoms with E-state index in [2.05, 4.69) is 10.3 Å². The molecular formula is C23H22F2N3O6+. The highest BCUT2D eigenvalue weighted by Gasteiger charge is 2.31. The molecule has 1 amide bonds. The van der Waals surface area contributed by atoms with Gasteiger partial charge < -0.3 is 15.2 Å². The normalized spacial score (nSPS) is 12.7. The number of ether oxygens (including phenoxy) is 1. The van der Waals surface area contributed by atoms with Crippen LogP contribution in [0.2, 0.25) is 0 Å². The molecule has 0 saturated carbocycles. The Labute approximate surface area is 192 Å². The largest absolute Gasteiger partial charge is 0.481 e. The molecular weight excluding hydrogens is 452 g/mol. The number of aromatic nitrogens is 2. The number of aliphatic carboxylic acids is 1. The van der Waals surface area contributed by atoms with Gasteiger partial charge in [-0.05, 0) is 30.7 Å². The first kappa shape index (κ1) is 24.5. The Hall–Kier alpha value is -4.15. The molecule has 0 aliphatic carbocycles. The Morgan fingerprint density at radius 2 is 1.91 bits per heavy atom. The van der Waals surface area contributed by atoms with Crippen LogP contribution in [0.3, 0.4) is 0 Å². The summed E-state index contributed by atoms with van der Waals surface area (Å²) >= 11 is 0. The molecule has 2 atom stereocenters. The van der Waals surface area contributed by atoms with Crippen molar-refractivity contribution >= 4 is 28.6 Å². The van der Waals surface area contributed by atoms with E-state index in [-0.39, 0.29) is 23.3 Å². The van der Waals surface area contributed by atoms with E-state index in [0.29, 0.717) is 5.52 Å². The van der Waals surface area contributed by atoms with Crippen molar-refractivity contribution in [3.8, 4) is 11.5 Å². The summed E-state index contributed by atoms with van der Waals surface area (Å²) in [6, 6.07) is 7.40. The van der Waals surface area contributed by atoms with Gasteiger partial charge in [0.15, 0.2) is 11.8 Å². The number of carbonyl (C=O) groups excluding carboxylic acids is 2. The Morgan fingerprint density at radius 1 is 1.18 bits per heavy atom. The first-order valence-electron chi connectivity index (χ1n) is 10.3. The van der Waals surface area contributed by atoms with E-state index in [1.165, 1.54) is 30.6 Å². The van der Waals surface area contributed by atoms with Crippen LogP contribution in [0.1, 0.15) is 25.8 Å². The number of ketones is 1. The van der Waals surface area contributed by atoms with Crippen LogP contribution >= 0.6 is 0 Å². The van der Waals surface area contributed by atoms with Gasteiger partial charge in [-0.25, -0.2) is 18.6 Å². The number of amides is 1. The number of H-pyrrole nitrogens is 1. The molecule has 0 saturated heterocycles. The highest BCUT2D eigenvalue weighted by atomic mass is 19.1. The highest BCUT2D eigenvalue weighted by Crippen LogP contribution is 2.24. The highest BCUT2D eigenvalue weighted by molar-refractivity contribution is 5.93. The molecule has 1 heterocycles. The van der Waals surface area contributed by atoms with Crippen LogP contribution < -0.4 is 20.6 Å². The molecule has 1 aromatic heterocycles. The summed E-state index contributed by atoms with van der Waals surface area (Å²) in [5, 5.41) is 11.3. The molecule has 0 bridgehead atoms. The summed E-state index contributed by atoms with van der Waals surface area (Å²) in [7, 11) is 0. The fraction of sp³-hybridized carbons (Fsp3) is 0.261. The molecule has 0 aliphatic heterocycles. The monoisotopic (exact) mass is 474 g/mol. The van der Waals surface area contributed by atoms with Gasteiger partial charge in [-0.2, -0.15) is 4.57 Å². The smallest absolute Gasteiger partial charge is 0.345 e. The Bertz CT molecular complexity index is 1290. The van der Waals surface area contributed by atoms with Gasteiger partial charge in [0, 0.05) is 12.1 Å². The summed E-state index contributed by atoms with van der Waals surface area (Å²) in [5.74, 6) is -3.28. The minimum atomic E-state index is -1.56. The number of carbonyl (C=O) groups is 3. The van der Waals surface area contributed by atoms with E-state index in [1.54, 1.807) is 25.1 Å². The fourth-order valence-corrected chi connectivity index (χ4v) is 3.41. The molecule has 0 radical (unpaired) electrons. The molecule has 34 heavy (non-hydrogen) atoms. The van der Waals surface area contributed by atoms with E-state index in [9.17, 15) is 28.0 Å². The molecule has 178 valence electrons. The van der Waals surface area contributed by atoms with Crippen molar-refractivity contribution in [1.29, 1.82) is 0 Å². The van der Waals surface area contributed by atoms with Crippen molar-refractivity contribution < 1.29 is 38.0 Å². The average molecular weight is 474 g/mol. The van der Waals surface area contributed by atoms with Crippen LogP contribution in [-0.4, -0.2) is 40.0 Å². The van der Waals surface area contributed by atoms with Crippen LogP contribution in [-0.2, 0) is 14.4 Å². The summed E-state index contributed by atoms with van der Waals surface area (Å²) < 4.78 is 33.0. The molecule has 2 aromatic carbocycles. The van der Waals surface area contributed by atoms with Gasteiger partial charge in [0.2, 0.25) is 6.33 Å². The van der Waals surface area contributed by atoms with Crippen molar-refractivity contribution in [2.75, 3.05) is 6.67 Å². The van der Waals surface area contributed by atoms with E-state index in [0.717, 1.165) is 4.57 Å². The maximum Gasteiger partial charge on any atom is 0.345 e. The van der Waals surface area contributed by atoms with E-state index in [4.69, 9.17) is 9.84 Å². The molecule has 11 heteroatoms. The van der Waals surface area contributed by atoms with Crippen LogP contribution in [0.5, 0.6) is 11.5 Å². The number of hydrogen-bond acceptors (Lipinski definition) is 5. The molecule has 0 fully saturated rings. The standard InChI is InChI=1S/C23H21F2N3O6/c1-2-19(22(32)27-18(10-21(30)31)20(29)11-24)28-12-26-17-7-6-15(9-16(17)23(28)33)34-14-5-3-4-13(25)8-14/h3-9,12,18-19H,2,10-11H2,1H3,(H,27,32)(H,30,31)/p+1/t18?,19-/m0/s1. The summed E-state index contributed by atoms with van der Waals surface area (Å²) in [6.07, 6.45) is 0.618. The first-order chi connectivity index (χ1) is 16.2. The Morgan fingerprint density at radius 3 is 2.56 bits per heavy atom. The van der Waals surface area contributed by atoms with Crippen molar-refractivity contribution in [3.63, 3.8) is 0 Å². The summed E-state index contributed by atoms with van der Waals surface area (Å²) in [4.78, 5) is 51.6. The second-order valence-electron chi connectivity index (χ2n) is 7.44. The number of benzene rings is 2. The lowest BCUT2D eigenvalue weighted by Crippen LogP contribution is -2.47. The van der Waals surface area contributed by atoms with Crippen molar-refractivity contribution in [3.05, 3.63) is 65.0 Å². The molecule has 3 rings (SSSR count). The lowest BCUT2D eigenvalue weighted by molar-refractivity contribution is -0.353. The third-order valence-corrected chi connectivity index (χ3v) is 5.09. The zero-order valence-corrected chi connectivity index (χ0v) is 18.1. The SMILES string of the molecule is CC[C@@H](C(=O)NC(CC(=O)O)C(=O)CF)n1c[nH+]c2ccc(Oc3cccc(F)c3)cc2c1=O. The Kier molecular flexibility index (Phi) is 7.67. The van der Waals surface area contributed by atoms with Crippen LogP contribution in [0.4, 0.5) is 8.78 Å². The van der Waals surface area contributed by atoms with Gasteiger partial charge in [-0.3, -0.25) is 14.4 Å². The minimum absolute atomic E-state index is 0.119. The second-order valence-corrected chi connectivity index (χ2v) is 7.44. The Balaban J connectivity index is 1.92. The molecule has 3 aromatic rings. The number of nitrogens with one attached hydrogen (secondary N) is 2. The lowest BCUT2D eigenvalue weighted by Gasteiger charge is -2.18. The number of fused-ring (bicyclic) bond motifs is 1. The van der Waals surface area contributed by atoms with Gasteiger partial charge in [-0.15, -0.1) is 0 Å². The van der Waals surface area contributed by atoms with Gasteiger partial charge in [0.05, 0.1) is 6.42 Å². The molecule has 0 spiro atoms. The first-order valence-corrected chi connectivity index (χ1v) is 10.3. The topological polar surface area (TPSA) is 129 Å². The number of aromatic amines is 1. The number of rotatable bonds is 10. The molecule has 1 unspecified atom stereocenters. The summed E-state index contributed by atoms with van der Waals surface area (Å²) in [6.45, 7) is 0.181. The number of carboxylic acid groups (broad SMARTS) is 1. The van der Waals surface area contributed by atoms with Gasteiger partial charge in [0.25, 0.3) is 5.91 Å². The van der Waals surface area contributed by atoms with Crippen molar-refractivity contribution in [2.45, 2.75) is 31.8 Å². The number of alkyl halides is 1. The maximum absolute atomic E-state index is 13.4. The van der Waals surface area contributed by atoms with Crippen molar-refractivity contribution in [1.82, 2.24) is 9.88 Å². The molecule has 0 aliphatic rings. The number of carboxylic acids is 1. The predicted molar refractivity (Wildman–Crippen MR) is 116 cm³/mol. The van der Waals surface area contributed by atoms with Crippen molar-refractivity contribution in [2.24, 2.45) is 0 Å². The third kappa shape index (κ3) is 5.61. The average Bonchev–Trinajstić information content (AvgIpc) is 2.80.